The van der Waals surface area contributed by atoms with Crippen molar-refractivity contribution in [3.05, 3.63) is 52.1 Å². The Bertz CT molecular complexity index is 1460. The molecule has 3 aliphatic heterocycles. The summed E-state index contributed by atoms with van der Waals surface area (Å²) >= 11 is 6.76. The van der Waals surface area contributed by atoms with Gasteiger partial charge in [-0.05, 0) is 57.6 Å². The zero-order valence-corrected chi connectivity index (χ0v) is 32.5. The maximum Gasteiger partial charge on any atom is 0.409 e. The smallest absolute Gasteiger partial charge is 0.409 e. The zero-order valence-electron chi connectivity index (χ0n) is 30.2. The number of esters is 1. The van der Waals surface area contributed by atoms with Crippen molar-refractivity contribution < 1.29 is 43.2 Å². The van der Waals surface area contributed by atoms with Crippen LogP contribution in [0.2, 0.25) is 5.02 Å². The van der Waals surface area contributed by atoms with Gasteiger partial charge in [0.2, 0.25) is 5.91 Å². The van der Waals surface area contributed by atoms with Crippen LogP contribution in [0.3, 0.4) is 0 Å². The Hall–Kier alpha value is -2.26. The lowest BCUT2D eigenvalue weighted by atomic mass is 9.82. The van der Waals surface area contributed by atoms with E-state index >= 15 is 0 Å². The van der Waals surface area contributed by atoms with Crippen molar-refractivity contribution >= 4 is 56.8 Å². The van der Waals surface area contributed by atoms with E-state index in [1.54, 1.807) is 42.5 Å². The standard InChI is InChI=1S/C36H51ClN2O9S2/c1-21-10-9-11-23(3)36(43)20-28(46-34(42)38-36)24(4)32-35(6,48-32)29(47-33(41)25(5)45-13-12-44-14-15-50-49-8)19-30(40)39(7)27-18-26(16-21)17-22(2)31(27)37/h9-11,17-18,23-25,28-29,32,43H,12-16,19-20H2,1-8H3,(H,38,42)/b11-9+,21-10+/t23-,24-,25+,28+,29+,32+,35+,36+/m1/s1. The molecule has 2 amide bonds. The number of halogens is 1. The van der Waals surface area contributed by atoms with Gasteiger partial charge >= 0.3 is 12.1 Å². The number of aliphatic hydroxyl groups is 1. The summed E-state index contributed by atoms with van der Waals surface area (Å²) in [6.45, 7) is 12.0. The average molecular weight is 755 g/mol. The van der Waals surface area contributed by atoms with Gasteiger partial charge in [0, 0.05) is 31.1 Å². The molecule has 2 saturated heterocycles. The van der Waals surface area contributed by atoms with Gasteiger partial charge in [-0.2, -0.15) is 0 Å². The summed E-state index contributed by atoms with van der Waals surface area (Å²) < 4.78 is 29.2. The van der Waals surface area contributed by atoms with E-state index in [2.05, 4.69) is 5.32 Å². The number of nitrogens with zero attached hydrogens (tertiary/aromatic N) is 1. The van der Waals surface area contributed by atoms with E-state index in [-0.39, 0.29) is 25.4 Å². The van der Waals surface area contributed by atoms with Crippen molar-refractivity contribution in [1.29, 1.82) is 0 Å². The second-order valence-electron chi connectivity index (χ2n) is 13.6. The van der Waals surface area contributed by atoms with E-state index in [1.807, 2.05) is 64.3 Å². The Morgan fingerprint density at radius 2 is 1.96 bits per heavy atom. The molecule has 4 rings (SSSR count). The third kappa shape index (κ3) is 9.99. The minimum Gasteiger partial charge on any atom is -0.457 e. The number of benzene rings is 1. The van der Waals surface area contributed by atoms with Crippen LogP contribution in [0.25, 0.3) is 0 Å². The Kier molecular flexibility index (Phi) is 14.2. The highest BCUT2D eigenvalue weighted by Crippen LogP contribution is 2.49. The molecule has 0 saturated carbocycles. The van der Waals surface area contributed by atoms with Gasteiger partial charge in [0.15, 0.2) is 6.10 Å². The number of alkyl carbamates (subject to hydrolysis) is 1. The molecule has 14 heteroatoms. The van der Waals surface area contributed by atoms with Crippen molar-refractivity contribution in [3.8, 4) is 0 Å². The fraction of sp³-hybridized carbons (Fsp3) is 0.639. The number of aryl methyl sites for hydroxylation is 1. The molecule has 2 fully saturated rings. The molecule has 0 unspecified atom stereocenters. The predicted octanol–water partition coefficient (Wildman–Crippen LogP) is 6.02. The van der Waals surface area contributed by atoms with Crippen LogP contribution in [0.5, 0.6) is 0 Å². The van der Waals surface area contributed by atoms with E-state index in [0.717, 1.165) is 22.5 Å². The number of carbonyl (C=O) groups excluding carboxylic acids is 3. The number of hydrogen-bond donors (Lipinski definition) is 2. The molecule has 278 valence electrons. The third-order valence-corrected chi connectivity index (χ3v) is 12.0. The Morgan fingerprint density at radius 1 is 1.22 bits per heavy atom. The lowest BCUT2D eigenvalue weighted by molar-refractivity contribution is -0.166. The molecule has 11 nitrogen and oxygen atoms in total. The molecule has 3 aliphatic rings. The van der Waals surface area contributed by atoms with Gasteiger partial charge in [-0.3, -0.25) is 10.1 Å². The Balaban J connectivity index is 1.63. The molecular formula is C36H51ClN2O9S2. The van der Waals surface area contributed by atoms with Crippen LogP contribution in [0.15, 0.2) is 35.9 Å². The first-order valence-electron chi connectivity index (χ1n) is 16.9. The molecule has 0 radical (unpaired) electrons. The van der Waals surface area contributed by atoms with E-state index < -0.39 is 59.6 Å². The maximum absolute atomic E-state index is 14.0. The van der Waals surface area contributed by atoms with Crippen LogP contribution >= 0.6 is 33.2 Å². The summed E-state index contributed by atoms with van der Waals surface area (Å²) in [7, 11) is 5.02. The molecule has 8 atom stereocenters. The van der Waals surface area contributed by atoms with Crippen LogP contribution in [0, 0.1) is 18.8 Å². The summed E-state index contributed by atoms with van der Waals surface area (Å²) in [5, 5.41) is 14.7. The second kappa shape index (κ2) is 17.5. The number of epoxide rings is 1. The fourth-order valence-electron chi connectivity index (χ4n) is 6.41. The van der Waals surface area contributed by atoms with Crippen molar-refractivity contribution in [3.63, 3.8) is 0 Å². The number of rotatable bonds is 10. The zero-order chi connectivity index (χ0) is 36.8. The molecule has 4 bridgehead atoms. The number of amides is 2. The first-order valence-corrected chi connectivity index (χ1v) is 20.0. The summed E-state index contributed by atoms with van der Waals surface area (Å²) in [6, 6.07) is 3.88. The SMILES string of the molecule is CSSCCOCCO[C@@H](C)C(=O)O[C@H]1CC(=O)N(C)c2cc(cc(C)c2Cl)C/C(C)=C/C=C/[C@@H](C)[C@@]2(O)C[C@H](OC(=O)N2)[C@@H](C)[C@@H]2O[C@@]12C. The third-order valence-electron chi connectivity index (χ3n) is 9.70. The molecule has 2 N–H and O–H groups in total. The Morgan fingerprint density at radius 3 is 2.68 bits per heavy atom. The van der Waals surface area contributed by atoms with Gasteiger partial charge in [-0.25, -0.2) is 9.59 Å². The van der Waals surface area contributed by atoms with Gasteiger partial charge in [0.25, 0.3) is 0 Å². The van der Waals surface area contributed by atoms with Crippen LogP contribution in [0.1, 0.15) is 58.6 Å². The van der Waals surface area contributed by atoms with Gasteiger partial charge in [0.05, 0.1) is 43.1 Å². The van der Waals surface area contributed by atoms with Gasteiger partial charge in [0.1, 0.15) is 23.5 Å². The number of ether oxygens (including phenoxy) is 5. The number of carbonyl (C=O) groups is 3. The largest absolute Gasteiger partial charge is 0.457 e. The molecule has 3 heterocycles. The van der Waals surface area contributed by atoms with E-state index in [0.29, 0.717) is 30.3 Å². The van der Waals surface area contributed by atoms with Crippen molar-refractivity contribution in [2.24, 2.45) is 11.8 Å². The predicted molar refractivity (Wildman–Crippen MR) is 197 cm³/mol. The first-order chi connectivity index (χ1) is 23.6. The van der Waals surface area contributed by atoms with E-state index in [9.17, 15) is 19.5 Å². The molecule has 1 aromatic rings. The number of nitrogens with one attached hydrogen (secondary N) is 1. The molecule has 0 aliphatic carbocycles. The van der Waals surface area contributed by atoms with Gasteiger partial charge < -0.3 is 33.7 Å². The monoisotopic (exact) mass is 754 g/mol. The van der Waals surface area contributed by atoms with E-state index in [4.69, 9.17) is 35.3 Å². The number of allylic oxidation sites excluding steroid dienone is 3. The topological polar surface area (TPSA) is 136 Å². The second-order valence-corrected chi connectivity index (χ2v) is 16.6. The lowest BCUT2D eigenvalue weighted by Gasteiger charge is -2.41. The molecular weight excluding hydrogens is 704 g/mol. The highest BCUT2D eigenvalue weighted by molar-refractivity contribution is 8.76. The molecule has 50 heavy (non-hydrogen) atoms. The van der Waals surface area contributed by atoms with Crippen LogP contribution in [-0.4, -0.2) is 97.7 Å². The summed E-state index contributed by atoms with van der Waals surface area (Å²) in [6.07, 6.45) is 4.21. The van der Waals surface area contributed by atoms with Crippen molar-refractivity contribution in [2.75, 3.05) is 43.8 Å². The van der Waals surface area contributed by atoms with Crippen LogP contribution in [0.4, 0.5) is 10.5 Å². The first kappa shape index (κ1) is 40.5. The molecule has 1 aromatic carbocycles. The van der Waals surface area contributed by atoms with Crippen molar-refractivity contribution in [2.45, 2.75) is 96.5 Å². The highest BCUT2D eigenvalue weighted by Gasteiger charge is 2.64. The number of fused-ring (bicyclic) bond motifs is 5. The van der Waals surface area contributed by atoms with E-state index in [1.165, 1.54) is 4.90 Å². The fourth-order valence-corrected chi connectivity index (χ4v) is 7.71. The average Bonchev–Trinajstić information content (AvgIpc) is 3.75. The molecule has 0 spiro atoms. The lowest BCUT2D eigenvalue weighted by Crippen LogP contribution is -2.60. The van der Waals surface area contributed by atoms with Crippen molar-refractivity contribution in [1.82, 2.24) is 5.32 Å². The summed E-state index contributed by atoms with van der Waals surface area (Å²) in [4.78, 5) is 41.6. The Labute approximate surface area is 308 Å². The maximum atomic E-state index is 14.0. The molecule has 0 aromatic heterocycles. The normalized spacial score (nSPS) is 32.6. The van der Waals surface area contributed by atoms with Crippen LogP contribution < -0.4 is 10.2 Å². The number of hydrogen-bond acceptors (Lipinski definition) is 11. The quantitative estimate of drug-likeness (QED) is 0.126. The summed E-state index contributed by atoms with van der Waals surface area (Å²) in [5.41, 5.74) is 0.685. The van der Waals surface area contributed by atoms with Gasteiger partial charge in [-0.15, -0.1) is 0 Å². The van der Waals surface area contributed by atoms with Crippen LogP contribution in [-0.2, 0) is 39.7 Å². The summed E-state index contributed by atoms with van der Waals surface area (Å²) in [5.74, 6) is -1.01. The minimum atomic E-state index is -1.57. The minimum absolute atomic E-state index is 0.0999. The highest BCUT2D eigenvalue weighted by atomic mass is 35.5. The van der Waals surface area contributed by atoms with Gasteiger partial charge in [-0.1, -0.05) is 76.9 Å². The number of anilines is 1.